The van der Waals surface area contributed by atoms with Crippen molar-refractivity contribution in [3.05, 3.63) is 12.4 Å². The first-order chi connectivity index (χ1) is 7.16. The van der Waals surface area contributed by atoms with E-state index in [0.717, 1.165) is 5.82 Å². The highest BCUT2D eigenvalue weighted by Crippen LogP contribution is 2.27. The monoisotopic (exact) mass is 209 g/mol. The van der Waals surface area contributed by atoms with E-state index >= 15 is 0 Å². The summed E-state index contributed by atoms with van der Waals surface area (Å²) in [5.41, 5.74) is 0. The normalized spacial score (nSPS) is 16.7. The molecule has 0 spiro atoms. The lowest BCUT2D eigenvalue weighted by molar-refractivity contribution is 0.139. The summed E-state index contributed by atoms with van der Waals surface area (Å²) in [4.78, 5) is 10.3. The topological polar surface area (TPSA) is 58.5 Å². The first-order valence-electron chi connectivity index (χ1n) is 5.07. The van der Waals surface area contributed by atoms with Crippen molar-refractivity contribution in [2.24, 2.45) is 0 Å². The van der Waals surface area contributed by atoms with Crippen LogP contribution in [0.2, 0.25) is 0 Å². The number of hydrogen-bond acceptors (Lipinski definition) is 5. The maximum Gasteiger partial charge on any atom is 0.257 e. The molecule has 2 rings (SSSR count). The van der Waals surface area contributed by atoms with Gasteiger partial charge in [-0.1, -0.05) is 0 Å². The zero-order valence-corrected chi connectivity index (χ0v) is 8.92. The van der Waals surface area contributed by atoms with Crippen LogP contribution in [0.4, 0.5) is 5.82 Å². The molecular formula is C10H15N3O2. The Bertz CT molecular complexity index is 337. The second-order valence-electron chi connectivity index (χ2n) is 3.91. The number of ether oxygens (including phenoxy) is 1. The lowest BCUT2D eigenvalue weighted by Gasteiger charge is -2.37. The third-order valence-corrected chi connectivity index (χ3v) is 2.16. The van der Waals surface area contributed by atoms with E-state index in [9.17, 15) is 5.11 Å². The Kier molecular flexibility index (Phi) is 2.73. The first-order valence-corrected chi connectivity index (χ1v) is 5.07. The van der Waals surface area contributed by atoms with Crippen LogP contribution in [0.1, 0.15) is 13.8 Å². The fourth-order valence-electron chi connectivity index (χ4n) is 1.47. The average Bonchev–Trinajstić information content (AvgIpc) is 2.13. The van der Waals surface area contributed by atoms with E-state index in [2.05, 4.69) is 9.97 Å². The van der Waals surface area contributed by atoms with Crippen molar-refractivity contribution in [1.29, 1.82) is 0 Å². The number of rotatable bonds is 3. The summed E-state index contributed by atoms with van der Waals surface area (Å²) in [6, 6.07) is 0. The SMILES string of the molecule is CC(C)Oc1nccnc1N1CC(O)C1. The standard InChI is InChI=1S/C10H15N3O2/c1-7(2)15-10-9(11-3-4-12-10)13-5-8(14)6-13/h3-4,7-8,14H,5-6H2,1-2H3. The summed E-state index contributed by atoms with van der Waals surface area (Å²) in [6.07, 6.45) is 3.07. The minimum Gasteiger partial charge on any atom is -0.472 e. The zero-order valence-electron chi connectivity index (χ0n) is 8.92. The molecule has 1 N–H and O–H groups in total. The fraction of sp³-hybridized carbons (Fsp3) is 0.600. The maximum atomic E-state index is 9.22. The van der Waals surface area contributed by atoms with Crippen LogP contribution >= 0.6 is 0 Å². The van der Waals surface area contributed by atoms with Crippen molar-refractivity contribution in [2.45, 2.75) is 26.1 Å². The largest absolute Gasteiger partial charge is 0.472 e. The van der Waals surface area contributed by atoms with Crippen LogP contribution in [0.3, 0.4) is 0 Å². The van der Waals surface area contributed by atoms with Crippen LogP contribution in [0, 0.1) is 0 Å². The van der Waals surface area contributed by atoms with Gasteiger partial charge >= 0.3 is 0 Å². The highest BCUT2D eigenvalue weighted by molar-refractivity contribution is 5.50. The van der Waals surface area contributed by atoms with E-state index in [1.54, 1.807) is 12.4 Å². The lowest BCUT2D eigenvalue weighted by Crippen LogP contribution is -2.51. The Labute approximate surface area is 88.7 Å². The fourth-order valence-corrected chi connectivity index (χ4v) is 1.47. The molecule has 0 unspecified atom stereocenters. The molecule has 5 heteroatoms. The number of aromatic nitrogens is 2. The van der Waals surface area contributed by atoms with Gasteiger partial charge in [0, 0.05) is 25.5 Å². The molecule has 1 aliphatic rings. The highest BCUT2D eigenvalue weighted by atomic mass is 16.5. The minimum atomic E-state index is -0.251. The number of hydrogen-bond donors (Lipinski definition) is 1. The van der Waals surface area contributed by atoms with Crippen molar-refractivity contribution < 1.29 is 9.84 Å². The van der Waals surface area contributed by atoms with Gasteiger partial charge in [-0.15, -0.1) is 0 Å². The van der Waals surface area contributed by atoms with Crippen molar-refractivity contribution >= 4 is 5.82 Å². The number of aliphatic hydroxyl groups is 1. The molecule has 1 aliphatic heterocycles. The van der Waals surface area contributed by atoms with Gasteiger partial charge < -0.3 is 14.7 Å². The molecule has 5 nitrogen and oxygen atoms in total. The molecule has 0 saturated carbocycles. The van der Waals surface area contributed by atoms with Crippen LogP contribution in [-0.4, -0.2) is 40.4 Å². The smallest absolute Gasteiger partial charge is 0.257 e. The van der Waals surface area contributed by atoms with E-state index < -0.39 is 0 Å². The average molecular weight is 209 g/mol. The molecule has 0 radical (unpaired) electrons. The third-order valence-electron chi connectivity index (χ3n) is 2.16. The summed E-state index contributed by atoms with van der Waals surface area (Å²) in [7, 11) is 0. The Morgan fingerprint density at radius 3 is 2.67 bits per heavy atom. The molecule has 0 atom stereocenters. The Morgan fingerprint density at radius 2 is 2.07 bits per heavy atom. The molecule has 0 bridgehead atoms. The molecule has 15 heavy (non-hydrogen) atoms. The quantitative estimate of drug-likeness (QED) is 0.783. The van der Waals surface area contributed by atoms with E-state index in [-0.39, 0.29) is 12.2 Å². The van der Waals surface area contributed by atoms with Gasteiger partial charge in [0.05, 0.1) is 12.2 Å². The van der Waals surface area contributed by atoms with E-state index in [1.807, 2.05) is 18.7 Å². The van der Waals surface area contributed by atoms with Crippen molar-refractivity contribution in [2.75, 3.05) is 18.0 Å². The molecule has 82 valence electrons. The molecule has 1 aromatic rings. The minimum absolute atomic E-state index is 0.0756. The van der Waals surface area contributed by atoms with Gasteiger partial charge in [0.1, 0.15) is 0 Å². The lowest BCUT2D eigenvalue weighted by atomic mass is 10.2. The molecular weight excluding hydrogens is 194 g/mol. The number of anilines is 1. The van der Waals surface area contributed by atoms with Gasteiger partial charge in [-0.2, -0.15) is 0 Å². The molecule has 0 amide bonds. The van der Waals surface area contributed by atoms with Crippen molar-refractivity contribution in [3.63, 3.8) is 0 Å². The van der Waals surface area contributed by atoms with Crippen LogP contribution in [0.25, 0.3) is 0 Å². The second kappa shape index (κ2) is 4.02. The Balaban J connectivity index is 2.15. The van der Waals surface area contributed by atoms with Crippen LogP contribution in [-0.2, 0) is 0 Å². The first kappa shape index (κ1) is 10.2. The van der Waals surface area contributed by atoms with Crippen LogP contribution < -0.4 is 9.64 Å². The molecule has 0 aromatic carbocycles. The second-order valence-corrected chi connectivity index (χ2v) is 3.91. The summed E-state index contributed by atoms with van der Waals surface area (Å²) in [6.45, 7) is 5.10. The van der Waals surface area contributed by atoms with Gasteiger partial charge in [-0.25, -0.2) is 9.97 Å². The van der Waals surface area contributed by atoms with Gasteiger partial charge in [0.15, 0.2) is 5.82 Å². The van der Waals surface area contributed by atoms with E-state index in [4.69, 9.17) is 4.74 Å². The molecule has 2 heterocycles. The van der Waals surface area contributed by atoms with Gasteiger partial charge in [0.2, 0.25) is 0 Å². The maximum absolute atomic E-state index is 9.22. The highest BCUT2D eigenvalue weighted by Gasteiger charge is 2.28. The van der Waals surface area contributed by atoms with E-state index in [1.165, 1.54) is 0 Å². The predicted octanol–water partition coefficient (Wildman–Crippen LogP) is 0.445. The number of β-amino-alcohol motifs (C(OH)–C–C–N with tert-alkyl or cyclic N) is 1. The number of aliphatic hydroxyl groups excluding tert-OH is 1. The van der Waals surface area contributed by atoms with Gasteiger partial charge in [0.25, 0.3) is 5.88 Å². The van der Waals surface area contributed by atoms with Gasteiger partial charge in [-0.3, -0.25) is 0 Å². The predicted molar refractivity (Wildman–Crippen MR) is 56.0 cm³/mol. The Morgan fingerprint density at radius 1 is 1.40 bits per heavy atom. The summed E-state index contributed by atoms with van der Waals surface area (Å²) < 4.78 is 5.54. The zero-order chi connectivity index (χ0) is 10.8. The van der Waals surface area contributed by atoms with Crippen molar-refractivity contribution in [1.82, 2.24) is 9.97 Å². The molecule has 1 aromatic heterocycles. The Hall–Kier alpha value is -1.36. The summed E-state index contributed by atoms with van der Waals surface area (Å²) in [5, 5.41) is 9.22. The molecule has 1 fully saturated rings. The van der Waals surface area contributed by atoms with Crippen LogP contribution in [0.15, 0.2) is 12.4 Å². The summed E-state index contributed by atoms with van der Waals surface area (Å²) in [5.74, 6) is 1.26. The van der Waals surface area contributed by atoms with Crippen molar-refractivity contribution in [3.8, 4) is 5.88 Å². The van der Waals surface area contributed by atoms with Gasteiger partial charge in [-0.05, 0) is 13.8 Å². The van der Waals surface area contributed by atoms with Crippen LogP contribution in [0.5, 0.6) is 5.88 Å². The third kappa shape index (κ3) is 2.18. The summed E-state index contributed by atoms with van der Waals surface area (Å²) >= 11 is 0. The van der Waals surface area contributed by atoms with E-state index in [0.29, 0.717) is 19.0 Å². The molecule has 0 aliphatic carbocycles. The molecule has 1 saturated heterocycles. The number of nitrogens with zero attached hydrogens (tertiary/aromatic N) is 3.